The maximum atomic E-state index is 12.4. The van der Waals surface area contributed by atoms with Gasteiger partial charge in [-0.25, -0.2) is 13.1 Å². The minimum Gasteiger partial charge on any atom is -0.309 e. The maximum absolute atomic E-state index is 12.4. The number of hydrogen-bond acceptors (Lipinski definition) is 5. The van der Waals surface area contributed by atoms with E-state index in [9.17, 15) is 8.42 Å². The van der Waals surface area contributed by atoms with Crippen LogP contribution in [-0.4, -0.2) is 50.3 Å². The van der Waals surface area contributed by atoms with Crippen LogP contribution in [0.25, 0.3) is 10.6 Å². The van der Waals surface area contributed by atoms with E-state index in [4.69, 9.17) is 0 Å². The van der Waals surface area contributed by atoms with Crippen molar-refractivity contribution in [2.24, 2.45) is 7.05 Å². The molecule has 0 radical (unpaired) electrons. The average molecular weight is 328 g/mol. The fourth-order valence-electron chi connectivity index (χ4n) is 1.93. The van der Waals surface area contributed by atoms with Crippen LogP contribution in [0.5, 0.6) is 0 Å². The molecule has 2 aromatic rings. The van der Waals surface area contributed by atoms with E-state index in [1.807, 2.05) is 36.5 Å². The molecule has 0 amide bonds. The molecular weight excluding hydrogens is 308 g/mol. The molecule has 116 valence electrons. The standard InChI is InChI=1S/C13H20N4O2S2/c1-16(2)8-5-7-14-21(18,19)12-10-17(3)15-13(12)11-6-4-9-20-11/h4,6,9-10,14H,5,7-8H2,1-3H3. The molecule has 8 heteroatoms. The third-order valence-electron chi connectivity index (χ3n) is 2.91. The number of hydrogen-bond donors (Lipinski definition) is 1. The first kappa shape index (κ1) is 16.2. The summed E-state index contributed by atoms with van der Waals surface area (Å²) in [7, 11) is 2.11. The maximum Gasteiger partial charge on any atom is 0.244 e. The van der Waals surface area contributed by atoms with Crippen LogP contribution in [0.3, 0.4) is 0 Å². The van der Waals surface area contributed by atoms with Crippen molar-refractivity contribution < 1.29 is 8.42 Å². The van der Waals surface area contributed by atoms with Crippen LogP contribution >= 0.6 is 11.3 Å². The number of rotatable bonds is 7. The molecule has 6 nitrogen and oxygen atoms in total. The molecule has 0 aliphatic heterocycles. The molecule has 0 aliphatic rings. The summed E-state index contributed by atoms with van der Waals surface area (Å²) in [6, 6.07) is 3.76. The SMILES string of the molecule is CN(C)CCCNS(=O)(=O)c1cn(C)nc1-c1cccs1. The van der Waals surface area contributed by atoms with Crippen molar-refractivity contribution in [3.63, 3.8) is 0 Å². The third-order valence-corrected chi connectivity index (χ3v) is 5.25. The second-order valence-corrected chi connectivity index (χ2v) is 7.73. The highest BCUT2D eigenvalue weighted by molar-refractivity contribution is 7.89. The van der Waals surface area contributed by atoms with Gasteiger partial charge in [0.05, 0.1) is 4.88 Å². The van der Waals surface area contributed by atoms with E-state index in [2.05, 4.69) is 9.82 Å². The van der Waals surface area contributed by atoms with Crippen molar-refractivity contribution in [2.75, 3.05) is 27.2 Å². The Morgan fingerprint density at radius 1 is 1.43 bits per heavy atom. The van der Waals surface area contributed by atoms with Crippen molar-refractivity contribution in [3.8, 4) is 10.6 Å². The van der Waals surface area contributed by atoms with Crippen LogP contribution in [-0.2, 0) is 17.1 Å². The smallest absolute Gasteiger partial charge is 0.244 e. The lowest BCUT2D eigenvalue weighted by Gasteiger charge is -2.10. The quantitative estimate of drug-likeness (QED) is 0.780. The van der Waals surface area contributed by atoms with Crippen molar-refractivity contribution in [1.29, 1.82) is 0 Å². The van der Waals surface area contributed by atoms with Gasteiger partial charge in [0.15, 0.2) is 0 Å². The normalized spacial score (nSPS) is 12.2. The van der Waals surface area contributed by atoms with Gasteiger partial charge >= 0.3 is 0 Å². The molecule has 21 heavy (non-hydrogen) atoms. The van der Waals surface area contributed by atoms with Gasteiger partial charge in [0.2, 0.25) is 10.0 Å². The molecule has 0 aromatic carbocycles. The van der Waals surface area contributed by atoms with E-state index >= 15 is 0 Å². The Kier molecular flexibility index (Phi) is 5.15. The highest BCUT2D eigenvalue weighted by Gasteiger charge is 2.23. The van der Waals surface area contributed by atoms with Crippen molar-refractivity contribution in [3.05, 3.63) is 23.7 Å². The number of aromatic nitrogens is 2. The first-order valence-corrected chi connectivity index (χ1v) is 8.98. The van der Waals surface area contributed by atoms with Gasteiger partial charge in [-0.3, -0.25) is 4.68 Å². The number of thiophene rings is 1. The molecule has 0 aliphatic carbocycles. The van der Waals surface area contributed by atoms with Crippen LogP contribution in [0.15, 0.2) is 28.6 Å². The molecule has 2 aromatic heterocycles. The molecule has 0 atom stereocenters. The summed E-state index contributed by atoms with van der Waals surface area (Å²) < 4.78 is 29.0. The van der Waals surface area contributed by atoms with Gasteiger partial charge in [-0.05, 0) is 38.5 Å². The third kappa shape index (κ3) is 4.13. The fourth-order valence-corrected chi connectivity index (χ4v) is 3.98. The predicted octanol–water partition coefficient (Wildman–Crippen LogP) is 1.38. The predicted molar refractivity (Wildman–Crippen MR) is 84.9 cm³/mol. The van der Waals surface area contributed by atoms with Gasteiger partial charge in [-0.15, -0.1) is 11.3 Å². The molecule has 2 heterocycles. The van der Waals surface area contributed by atoms with E-state index in [0.29, 0.717) is 12.2 Å². The zero-order valence-electron chi connectivity index (χ0n) is 12.4. The Balaban J connectivity index is 2.17. The van der Waals surface area contributed by atoms with Crippen LogP contribution in [0.4, 0.5) is 0 Å². The molecule has 0 saturated heterocycles. The molecular formula is C13H20N4O2S2. The van der Waals surface area contributed by atoms with Gasteiger partial charge in [0, 0.05) is 19.8 Å². The highest BCUT2D eigenvalue weighted by atomic mass is 32.2. The zero-order chi connectivity index (χ0) is 15.5. The van der Waals surface area contributed by atoms with E-state index < -0.39 is 10.0 Å². The van der Waals surface area contributed by atoms with Gasteiger partial charge in [-0.1, -0.05) is 6.07 Å². The fraction of sp³-hybridized carbons (Fsp3) is 0.462. The first-order valence-electron chi connectivity index (χ1n) is 6.62. The Hall–Kier alpha value is -1.22. The van der Waals surface area contributed by atoms with Gasteiger partial charge in [-0.2, -0.15) is 5.10 Å². The lowest BCUT2D eigenvalue weighted by Crippen LogP contribution is -2.27. The summed E-state index contributed by atoms with van der Waals surface area (Å²) in [5.74, 6) is 0. The minimum absolute atomic E-state index is 0.234. The summed E-state index contributed by atoms with van der Waals surface area (Å²) in [5, 5.41) is 6.18. The van der Waals surface area contributed by atoms with Gasteiger partial charge in [0.25, 0.3) is 0 Å². The Labute approximate surface area is 129 Å². The van der Waals surface area contributed by atoms with Gasteiger partial charge in [0.1, 0.15) is 10.6 Å². The van der Waals surface area contributed by atoms with Crippen LogP contribution < -0.4 is 4.72 Å². The summed E-state index contributed by atoms with van der Waals surface area (Å²) >= 11 is 1.48. The molecule has 1 N–H and O–H groups in total. The van der Waals surface area contributed by atoms with E-state index in [1.165, 1.54) is 16.0 Å². The van der Waals surface area contributed by atoms with E-state index in [1.54, 1.807) is 13.2 Å². The number of nitrogens with zero attached hydrogens (tertiary/aromatic N) is 3. The lowest BCUT2D eigenvalue weighted by molar-refractivity contribution is 0.400. The molecule has 0 spiro atoms. The van der Waals surface area contributed by atoms with Crippen LogP contribution in [0, 0.1) is 0 Å². The van der Waals surface area contributed by atoms with Crippen molar-refractivity contribution >= 4 is 21.4 Å². The lowest BCUT2D eigenvalue weighted by atomic mass is 10.3. The van der Waals surface area contributed by atoms with Crippen molar-refractivity contribution in [2.45, 2.75) is 11.3 Å². The molecule has 0 unspecified atom stereocenters. The second kappa shape index (κ2) is 6.69. The Morgan fingerprint density at radius 3 is 2.81 bits per heavy atom. The average Bonchev–Trinajstić information content (AvgIpc) is 3.03. The highest BCUT2D eigenvalue weighted by Crippen LogP contribution is 2.29. The van der Waals surface area contributed by atoms with Crippen LogP contribution in [0.1, 0.15) is 6.42 Å². The van der Waals surface area contributed by atoms with Gasteiger partial charge < -0.3 is 4.90 Å². The largest absolute Gasteiger partial charge is 0.309 e. The minimum atomic E-state index is -3.54. The molecule has 0 fully saturated rings. The van der Waals surface area contributed by atoms with Crippen LogP contribution in [0.2, 0.25) is 0 Å². The van der Waals surface area contributed by atoms with Crippen molar-refractivity contribution in [1.82, 2.24) is 19.4 Å². The second-order valence-electron chi connectivity index (χ2n) is 5.05. The van der Waals surface area contributed by atoms with E-state index in [0.717, 1.165) is 17.8 Å². The molecule has 0 saturated carbocycles. The monoisotopic (exact) mass is 328 g/mol. The summed E-state index contributed by atoms with van der Waals surface area (Å²) in [6.45, 7) is 1.26. The summed E-state index contributed by atoms with van der Waals surface area (Å²) in [4.78, 5) is 3.11. The topological polar surface area (TPSA) is 67.2 Å². The Bertz CT molecular complexity index is 675. The first-order chi connectivity index (χ1) is 9.90. The van der Waals surface area contributed by atoms with E-state index in [-0.39, 0.29) is 4.90 Å². The molecule has 0 bridgehead atoms. The summed E-state index contributed by atoms with van der Waals surface area (Å²) in [6.07, 6.45) is 2.31. The Morgan fingerprint density at radius 2 is 2.19 bits per heavy atom. The summed E-state index contributed by atoms with van der Waals surface area (Å²) in [5.41, 5.74) is 0.507. The molecule has 2 rings (SSSR count). The zero-order valence-corrected chi connectivity index (χ0v) is 14.0. The number of nitrogens with one attached hydrogen (secondary N) is 1. The number of sulfonamides is 1. The number of aryl methyl sites for hydroxylation is 1.